The lowest BCUT2D eigenvalue weighted by Crippen LogP contribution is -2.50. The monoisotopic (exact) mass is 560 g/mol. The normalized spacial score (nSPS) is 20.4. The van der Waals surface area contributed by atoms with Crippen molar-refractivity contribution in [3.05, 3.63) is 102 Å². The maximum Gasteiger partial charge on any atom is 0.410 e. The van der Waals surface area contributed by atoms with Crippen molar-refractivity contribution < 1.29 is 22.7 Å². The van der Waals surface area contributed by atoms with Crippen LogP contribution in [0, 0.1) is 12.8 Å². The molecule has 0 spiro atoms. The zero-order valence-corrected chi connectivity index (χ0v) is 24.2. The molecule has 3 atom stereocenters. The van der Waals surface area contributed by atoms with E-state index in [1.807, 2.05) is 64.1 Å². The lowest BCUT2D eigenvalue weighted by molar-refractivity contribution is 0.0200. The van der Waals surface area contributed by atoms with Gasteiger partial charge in [-0.25, -0.2) is 13.2 Å². The van der Waals surface area contributed by atoms with E-state index < -0.39 is 33.8 Å². The summed E-state index contributed by atoms with van der Waals surface area (Å²) in [5.41, 5.74) is 2.56. The van der Waals surface area contributed by atoms with Crippen LogP contribution in [-0.4, -0.2) is 37.6 Å². The Balaban J connectivity index is 1.61. The van der Waals surface area contributed by atoms with Gasteiger partial charge in [-0.15, -0.1) is 6.58 Å². The van der Waals surface area contributed by atoms with Gasteiger partial charge in [0.1, 0.15) is 18.0 Å². The summed E-state index contributed by atoms with van der Waals surface area (Å²) in [7, 11) is -3.94. The van der Waals surface area contributed by atoms with E-state index in [9.17, 15) is 13.2 Å². The van der Waals surface area contributed by atoms with Gasteiger partial charge in [0.2, 0.25) is 0 Å². The molecular formula is C32H36N2O5S. The van der Waals surface area contributed by atoms with E-state index in [4.69, 9.17) is 9.47 Å². The smallest absolute Gasteiger partial charge is 0.410 e. The van der Waals surface area contributed by atoms with Gasteiger partial charge in [0.05, 0.1) is 22.7 Å². The van der Waals surface area contributed by atoms with Crippen LogP contribution in [0.3, 0.4) is 0 Å². The summed E-state index contributed by atoms with van der Waals surface area (Å²) in [6.45, 7) is 12.3. The molecule has 3 aromatic carbocycles. The van der Waals surface area contributed by atoms with Gasteiger partial charge in [-0.1, -0.05) is 54.1 Å². The number of likely N-dealkylation sites (tertiary alicyclic amines) is 1. The van der Waals surface area contributed by atoms with E-state index in [2.05, 4.69) is 6.58 Å². The van der Waals surface area contributed by atoms with Crippen LogP contribution in [0.25, 0.3) is 0 Å². The Morgan fingerprint density at radius 2 is 1.75 bits per heavy atom. The third-order valence-corrected chi connectivity index (χ3v) is 9.23. The number of aryl methyl sites for hydroxylation is 1. The lowest BCUT2D eigenvalue weighted by Gasteiger charge is -2.44. The molecule has 0 aliphatic carbocycles. The van der Waals surface area contributed by atoms with Gasteiger partial charge in [0.15, 0.2) is 0 Å². The van der Waals surface area contributed by atoms with Gasteiger partial charge in [-0.05, 0) is 70.0 Å². The third-order valence-electron chi connectivity index (χ3n) is 7.40. The van der Waals surface area contributed by atoms with Crippen molar-refractivity contribution in [2.75, 3.05) is 10.8 Å². The van der Waals surface area contributed by atoms with Gasteiger partial charge in [-0.2, -0.15) is 0 Å². The van der Waals surface area contributed by atoms with Crippen LogP contribution in [-0.2, 0) is 21.4 Å². The number of rotatable bonds is 6. The minimum absolute atomic E-state index is 0.206. The average Bonchev–Trinajstić information content (AvgIpc) is 3.36. The number of hydrogen-bond donors (Lipinski definition) is 0. The number of ether oxygens (including phenoxy) is 2. The summed E-state index contributed by atoms with van der Waals surface area (Å²) in [6.07, 6.45) is 1.87. The average molecular weight is 561 g/mol. The molecule has 0 aromatic heterocycles. The Morgan fingerprint density at radius 3 is 2.40 bits per heavy atom. The summed E-state index contributed by atoms with van der Waals surface area (Å²) in [4.78, 5) is 15.3. The SMILES string of the molecule is C=C[C@@H]1[C@H]2CCN(C(=O)OC(C)(C)C)[C@H]2c2cc(OCc3ccccc3)ccc2N1S(=O)(=O)c1ccc(C)cc1. The number of carbonyl (C=O) groups excluding carboxylic acids is 1. The maximum atomic E-state index is 14.2. The van der Waals surface area contributed by atoms with Gasteiger partial charge in [0.25, 0.3) is 10.0 Å². The second kappa shape index (κ2) is 10.7. The van der Waals surface area contributed by atoms with Crippen LogP contribution in [0.4, 0.5) is 10.5 Å². The summed E-state index contributed by atoms with van der Waals surface area (Å²) >= 11 is 0. The molecule has 0 radical (unpaired) electrons. The van der Waals surface area contributed by atoms with Crippen molar-refractivity contribution >= 4 is 21.8 Å². The number of anilines is 1. The molecule has 0 saturated carbocycles. The number of benzene rings is 3. The summed E-state index contributed by atoms with van der Waals surface area (Å²) in [5.74, 6) is 0.393. The number of nitrogens with zero attached hydrogens (tertiary/aromatic N) is 2. The molecule has 2 aliphatic heterocycles. The highest BCUT2D eigenvalue weighted by molar-refractivity contribution is 7.92. The number of fused-ring (bicyclic) bond motifs is 3. The summed E-state index contributed by atoms with van der Waals surface area (Å²) < 4.78 is 41.7. The molecule has 3 aromatic rings. The molecule has 0 unspecified atom stereocenters. The first-order chi connectivity index (χ1) is 19.0. The van der Waals surface area contributed by atoms with Crippen molar-refractivity contribution in [2.24, 2.45) is 5.92 Å². The fourth-order valence-corrected chi connectivity index (χ4v) is 7.31. The van der Waals surface area contributed by atoms with Crippen molar-refractivity contribution in [1.29, 1.82) is 0 Å². The molecular weight excluding hydrogens is 524 g/mol. The molecule has 1 amide bonds. The van der Waals surface area contributed by atoms with Crippen molar-refractivity contribution in [2.45, 2.75) is 63.3 Å². The van der Waals surface area contributed by atoms with Gasteiger partial charge in [-0.3, -0.25) is 4.31 Å². The molecule has 1 fully saturated rings. The molecule has 5 rings (SSSR count). The van der Waals surface area contributed by atoms with E-state index in [0.29, 0.717) is 36.6 Å². The molecule has 2 heterocycles. The highest BCUT2D eigenvalue weighted by Crippen LogP contribution is 2.52. The van der Waals surface area contributed by atoms with Crippen molar-refractivity contribution in [1.82, 2.24) is 4.90 Å². The Kier molecular flexibility index (Phi) is 7.40. The Hall–Kier alpha value is -3.78. The quantitative estimate of drug-likeness (QED) is 0.316. The second-order valence-corrected chi connectivity index (χ2v) is 13.2. The fraction of sp³-hybridized carbons (Fsp3) is 0.344. The van der Waals surface area contributed by atoms with Gasteiger partial charge in [0, 0.05) is 18.0 Å². The van der Waals surface area contributed by atoms with E-state index >= 15 is 0 Å². The van der Waals surface area contributed by atoms with E-state index in [1.54, 1.807) is 47.4 Å². The zero-order valence-electron chi connectivity index (χ0n) is 23.4. The first-order valence-corrected chi connectivity index (χ1v) is 15.0. The standard InChI is InChI=1S/C32H36N2O5S/c1-6-28-26-18-19-33(31(35)39-32(3,4)5)30(26)27-20-24(38-21-23-10-8-7-9-11-23)14-17-29(27)34(28)40(36,37)25-15-12-22(2)13-16-25/h6-17,20,26,28,30H,1,18-19,21H2,2-5H3/t26-,28-,30-/m1/s1. The zero-order chi connectivity index (χ0) is 28.7. The van der Waals surface area contributed by atoms with Crippen LogP contribution < -0.4 is 9.04 Å². The van der Waals surface area contributed by atoms with Crippen LogP contribution >= 0.6 is 0 Å². The predicted octanol–water partition coefficient (Wildman–Crippen LogP) is 6.64. The largest absolute Gasteiger partial charge is 0.489 e. The van der Waals surface area contributed by atoms with Crippen LogP contribution in [0.15, 0.2) is 90.3 Å². The topological polar surface area (TPSA) is 76.2 Å². The molecule has 8 heteroatoms. The first kappa shape index (κ1) is 27.8. The Bertz CT molecular complexity index is 1500. The maximum absolute atomic E-state index is 14.2. The number of carbonyl (C=O) groups is 1. The second-order valence-electron chi connectivity index (χ2n) is 11.4. The molecule has 7 nitrogen and oxygen atoms in total. The molecule has 1 saturated heterocycles. The number of sulfonamides is 1. The first-order valence-electron chi connectivity index (χ1n) is 13.5. The van der Waals surface area contributed by atoms with E-state index in [1.165, 1.54) is 4.31 Å². The van der Waals surface area contributed by atoms with Gasteiger partial charge < -0.3 is 14.4 Å². The van der Waals surface area contributed by atoms with Crippen molar-refractivity contribution in [3.63, 3.8) is 0 Å². The molecule has 0 bridgehead atoms. The fourth-order valence-electron chi connectivity index (χ4n) is 5.62. The molecule has 210 valence electrons. The summed E-state index contributed by atoms with van der Waals surface area (Å²) in [6, 6.07) is 21.2. The lowest BCUT2D eigenvalue weighted by atomic mass is 9.83. The molecule has 0 N–H and O–H groups in total. The number of amides is 1. The predicted molar refractivity (Wildman–Crippen MR) is 156 cm³/mol. The highest BCUT2D eigenvalue weighted by atomic mass is 32.2. The van der Waals surface area contributed by atoms with Gasteiger partial charge >= 0.3 is 6.09 Å². The third kappa shape index (κ3) is 5.32. The van der Waals surface area contributed by atoms with Crippen LogP contribution in [0.5, 0.6) is 5.75 Å². The van der Waals surface area contributed by atoms with Crippen LogP contribution in [0.1, 0.15) is 49.9 Å². The minimum Gasteiger partial charge on any atom is -0.489 e. The Morgan fingerprint density at radius 1 is 1.05 bits per heavy atom. The number of hydrogen-bond acceptors (Lipinski definition) is 5. The minimum atomic E-state index is -3.94. The molecule has 40 heavy (non-hydrogen) atoms. The van der Waals surface area contributed by atoms with E-state index in [0.717, 1.165) is 11.1 Å². The molecule has 2 aliphatic rings. The summed E-state index contributed by atoms with van der Waals surface area (Å²) in [5, 5.41) is 0. The Labute approximate surface area is 237 Å². The van der Waals surface area contributed by atoms with E-state index in [-0.39, 0.29) is 10.8 Å². The highest BCUT2D eigenvalue weighted by Gasteiger charge is 2.51. The van der Waals surface area contributed by atoms with Crippen LogP contribution in [0.2, 0.25) is 0 Å². The van der Waals surface area contributed by atoms with Crippen molar-refractivity contribution in [3.8, 4) is 5.75 Å².